The summed E-state index contributed by atoms with van der Waals surface area (Å²) >= 11 is 0. The molecule has 0 saturated heterocycles. The zero-order chi connectivity index (χ0) is 17.5. The van der Waals surface area contributed by atoms with Gasteiger partial charge in [-0.15, -0.1) is 0 Å². The summed E-state index contributed by atoms with van der Waals surface area (Å²) in [6, 6.07) is 3.74. The maximum Gasteiger partial charge on any atom is 0.338 e. The number of rotatable bonds is 6. The van der Waals surface area contributed by atoms with E-state index in [4.69, 9.17) is 4.74 Å². The molecule has 0 atom stereocenters. The molecule has 132 valence electrons. The minimum atomic E-state index is -0.206. The van der Waals surface area contributed by atoms with E-state index in [0.29, 0.717) is 18.1 Å². The number of carbonyl (C=O) groups is 1. The molecule has 0 unspecified atom stereocenters. The SMILES string of the molecule is CCN(C)/C=N/c1ccc(C(=O)OCC2CCCCC2)c(C)c1C. The van der Waals surface area contributed by atoms with Gasteiger partial charge < -0.3 is 9.64 Å². The molecule has 4 nitrogen and oxygen atoms in total. The Balaban J connectivity index is 2.03. The highest BCUT2D eigenvalue weighted by molar-refractivity contribution is 5.92. The number of hydrogen-bond acceptors (Lipinski definition) is 3. The van der Waals surface area contributed by atoms with Crippen LogP contribution in [0.5, 0.6) is 0 Å². The van der Waals surface area contributed by atoms with E-state index >= 15 is 0 Å². The van der Waals surface area contributed by atoms with Crippen LogP contribution < -0.4 is 0 Å². The van der Waals surface area contributed by atoms with Crippen LogP contribution in [0.25, 0.3) is 0 Å². The van der Waals surface area contributed by atoms with E-state index in [1.165, 1.54) is 32.1 Å². The van der Waals surface area contributed by atoms with Crippen LogP contribution in [-0.4, -0.2) is 37.4 Å². The van der Waals surface area contributed by atoms with Crippen LogP contribution in [0.15, 0.2) is 17.1 Å². The lowest BCUT2D eigenvalue weighted by atomic mass is 9.90. The van der Waals surface area contributed by atoms with Gasteiger partial charge in [-0.3, -0.25) is 0 Å². The van der Waals surface area contributed by atoms with Gasteiger partial charge in [-0.2, -0.15) is 0 Å². The largest absolute Gasteiger partial charge is 0.462 e. The lowest BCUT2D eigenvalue weighted by Crippen LogP contribution is -2.17. The quantitative estimate of drug-likeness (QED) is 0.433. The summed E-state index contributed by atoms with van der Waals surface area (Å²) in [6.07, 6.45) is 8.03. The summed E-state index contributed by atoms with van der Waals surface area (Å²) in [6.45, 7) is 7.52. The van der Waals surface area contributed by atoms with Crippen LogP contribution >= 0.6 is 0 Å². The van der Waals surface area contributed by atoms with Crippen molar-refractivity contribution in [1.82, 2.24) is 4.90 Å². The predicted molar refractivity (Wildman–Crippen MR) is 99.2 cm³/mol. The first-order valence-corrected chi connectivity index (χ1v) is 9.04. The number of carbonyl (C=O) groups excluding carboxylic acids is 1. The Morgan fingerprint density at radius 2 is 1.96 bits per heavy atom. The maximum atomic E-state index is 12.4. The van der Waals surface area contributed by atoms with Gasteiger partial charge in [0.15, 0.2) is 0 Å². The first-order valence-electron chi connectivity index (χ1n) is 9.04. The summed E-state index contributed by atoms with van der Waals surface area (Å²) in [5, 5.41) is 0. The van der Waals surface area contributed by atoms with Crippen LogP contribution in [0.1, 0.15) is 60.5 Å². The Hall–Kier alpha value is -1.84. The normalized spacial score (nSPS) is 15.7. The van der Waals surface area contributed by atoms with E-state index in [9.17, 15) is 4.79 Å². The average Bonchev–Trinajstić information content (AvgIpc) is 2.61. The predicted octanol–water partition coefficient (Wildman–Crippen LogP) is 4.65. The molecule has 1 aliphatic rings. The number of aliphatic imine (C=N–C) groups is 1. The van der Waals surface area contributed by atoms with Crippen molar-refractivity contribution >= 4 is 18.0 Å². The molecule has 0 bridgehead atoms. The van der Waals surface area contributed by atoms with Crippen molar-refractivity contribution in [3.8, 4) is 0 Å². The molecule has 0 N–H and O–H groups in total. The smallest absolute Gasteiger partial charge is 0.338 e. The first-order chi connectivity index (χ1) is 11.5. The van der Waals surface area contributed by atoms with Crippen LogP contribution in [0, 0.1) is 19.8 Å². The number of hydrogen-bond donors (Lipinski definition) is 0. The van der Waals surface area contributed by atoms with E-state index in [2.05, 4.69) is 11.9 Å². The summed E-state index contributed by atoms with van der Waals surface area (Å²) < 4.78 is 5.57. The zero-order valence-corrected chi connectivity index (χ0v) is 15.5. The van der Waals surface area contributed by atoms with Crippen molar-refractivity contribution in [3.63, 3.8) is 0 Å². The van der Waals surface area contributed by atoms with Gasteiger partial charge in [-0.25, -0.2) is 9.79 Å². The van der Waals surface area contributed by atoms with Gasteiger partial charge in [0.25, 0.3) is 0 Å². The van der Waals surface area contributed by atoms with Gasteiger partial charge >= 0.3 is 5.97 Å². The van der Waals surface area contributed by atoms with Crippen molar-refractivity contribution in [2.24, 2.45) is 10.9 Å². The molecular weight excluding hydrogens is 300 g/mol. The zero-order valence-electron chi connectivity index (χ0n) is 15.5. The molecular formula is C20H30N2O2. The lowest BCUT2D eigenvalue weighted by Gasteiger charge is -2.21. The molecule has 0 aromatic heterocycles. The molecule has 1 aliphatic carbocycles. The summed E-state index contributed by atoms with van der Waals surface area (Å²) in [4.78, 5) is 18.9. The Bertz CT molecular complexity index is 590. The van der Waals surface area contributed by atoms with Gasteiger partial charge in [-0.05, 0) is 62.8 Å². The molecule has 1 saturated carbocycles. The summed E-state index contributed by atoms with van der Waals surface area (Å²) in [5.74, 6) is 0.333. The maximum absolute atomic E-state index is 12.4. The molecule has 0 heterocycles. The van der Waals surface area contributed by atoms with Crippen molar-refractivity contribution in [3.05, 3.63) is 28.8 Å². The second-order valence-electron chi connectivity index (χ2n) is 6.80. The Morgan fingerprint density at radius 1 is 1.25 bits per heavy atom. The lowest BCUT2D eigenvalue weighted by molar-refractivity contribution is 0.0409. The molecule has 0 spiro atoms. The van der Waals surface area contributed by atoms with Crippen molar-refractivity contribution in [2.75, 3.05) is 20.2 Å². The number of nitrogens with zero attached hydrogens (tertiary/aromatic N) is 2. The van der Waals surface area contributed by atoms with Crippen molar-refractivity contribution in [1.29, 1.82) is 0 Å². The Kier molecular flexibility index (Phi) is 6.83. The highest BCUT2D eigenvalue weighted by Crippen LogP contribution is 2.27. The first kappa shape index (κ1) is 18.5. The van der Waals surface area contributed by atoms with Gasteiger partial charge in [-0.1, -0.05) is 19.3 Å². The average molecular weight is 330 g/mol. The van der Waals surface area contributed by atoms with E-state index in [-0.39, 0.29) is 5.97 Å². The van der Waals surface area contributed by atoms with Gasteiger partial charge in [0, 0.05) is 13.6 Å². The summed E-state index contributed by atoms with van der Waals surface area (Å²) in [5.41, 5.74) is 3.54. The minimum absolute atomic E-state index is 0.206. The van der Waals surface area contributed by atoms with E-state index in [0.717, 1.165) is 23.4 Å². The minimum Gasteiger partial charge on any atom is -0.462 e. The third-order valence-corrected chi connectivity index (χ3v) is 5.05. The molecule has 1 fully saturated rings. The second-order valence-corrected chi connectivity index (χ2v) is 6.80. The highest BCUT2D eigenvalue weighted by Gasteiger charge is 2.18. The molecule has 1 aromatic rings. The summed E-state index contributed by atoms with van der Waals surface area (Å²) in [7, 11) is 1.99. The molecule has 24 heavy (non-hydrogen) atoms. The topological polar surface area (TPSA) is 41.9 Å². The molecule has 1 aromatic carbocycles. The molecule has 0 amide bonds. The number of benzene rings is 1. The van der Waals surface area contributed by atoms with Crippen LogP contribution in [-0.2, 0) is 4.74 Å². The standard InChI is InChI=1S/C20H30N2O2/c1-5-22(4)14-21-19-12-11-18(15(2)16(19)3)20(23)24-13-17-9-7-6-8-10-17/h11-12,14,17H,5-10,13H2,1-4H3/b21-14+. The van der Waals surface area contributed by atoms with Crippen LogP contribution in [0.3, 0.4) is 0 Å². The van der Waals surface area contributed by atoms with E-state index < -0.39 is 0 Å². The Morgan fingerprint density at radius 3 is 2.62 bits per heavy atom. The van der Waals surface area contributed by atoms with Gasteiger partial charge in [0.2, 0.25) is 0 Å². The van der Waals surface area contributed by atoms with E-state index in [1.807, 2.05) is 44.3 Å². The second kappa shape index (κ2) is 8.86. The third-order valence-electron chi connectivity index (χ3n) is 5.05. The van der Waals surface area contributed by atoms with Gasteiger partial charge in [0.05, 0.1) is 24.2 Å². The molecule has 0 radical (unpaired) electrons. The third kappa shape index (κ3) is 4.83. The van der Waals surface area contributed by atoms with Crippen LogP contribution in [0.4, 0.5) is 5.69 Å². The van der Waals surface area contributed by atoms with E-state index in [1.54, 1.807) is 0 Å². The van der Waals surface area contributed by atoms with Crippen LogP contribution in [0.2, 0.25) is 0 Å². The Labute approximate surface area is 145 Å². The van der Waals surface area contributed by atoms with Gasteiger partial charge in [0.1, 0.15) is 0 Å². The van der Waals surface area contributed by atoms with Crippen molar-refractivity contribution < 1.29 is 9.53 Å². The molecule has 0 aliphatic heterocycles. The molecule has 4 heteroatoms. The van der Waals surface area contributed by atoms with Crippen molar-refractivity contribution in [2.45, 2.75) is 52.9 Å². The highest BCUT2D eigenvalue weighted by atomic mass is 16.5. The fourth-order valence-electron chi connectivity index (χ4n) is 3.03. The fraction of sp³-hybridized carbons (Fsp3) is 0.600. The monoisotopic (exact) mass is 330 g/mol. The molecule has 2 rings (SSSR count). The number of ether oxygens (including phenoxy) is 1. The fourth-order valence-corrected chi connectivity index (χ4v) is 3.03. The number of esters is 1.